The van der Waals surface area contributed by atoms with E-state index in [9.17, 15) is 9.59 Å². The van der Waals surface area contributed by atoms with Gasteiger partial charge in [-0.2, -0.15) is 9.89 Å². The normalized spacial score (nSPS) is 11.6. The van der Waals surface area contributed by atoms with Crippen molar-refractivity contribution in [1.82, 2.24) is 14.9 Å². The van der Waals surface area contributed by atoms with Crippen LogP contribution in [0.4, 0.5) is 5.69 Å². The first kappa shape index (κ1) is 18.3. The van der Waals surface area contributed by atoms with Gasteiger partial charge in [0.05, 0.1) is 6.20 Å². The van der Waals surface area contributed by atoms with Crippen LogP contribution in [0.5, 0.6) is 0 Å². The first-order chi connectivity index (χ1) is 13.1. The number of aromatic nitrogens is 3. The summed E-state index contributed by atoms with van der Waals surface area (Å²) in [6, 6.07) is 10.9. The lowest BCUT2D eigenvalue weighted by molar-refractivity contribution is -0.121. The fourth-order valence-electron chi connectivity index (χ4n) is 2.59. The van der Waals surface area contributed by atoms with Crippen molar-refractivity contribution in [1.29, 1.82) is 0 Å². The monoisotopic (exact) mass is 364 g/mol. The number of hydrogen-bond donors (Lipinski definition) is 2. The lowest BCUT2D eigenvalue weighted by Crippen LogP contribution is -2.45. The van der Waals surface area contributed by atoms with E-state index in [-0.39, 0.29) is 11.8 Å². The van der Waals surface area contributed by atoms with Gasteiger partial charge in [-0.05, 0) is 42.8 Å². The van der Waals surface area contributed by atoms with E-state index in [1.54, 1.807) is 67.3 Å². The van der Waals surface area contributed by atoms with Gasteiger partial charge in [-0.3, -0.25) is 14.6 Å². The van der Waals surface area contributed by atoms with Crippen molar-refractivity contribution in [3.8, 4) is 0 Å². The van der Waals surface area contributed by atoms with Crippen LogP contribution in [0.2, 0.25) is 0 Å². The van der Waals surface area contributed by atoms with Crippen molar-refractivity contribution in [3.05, 3.63) is 78.4 Å². The third kappa shape index (κ3) is 4.18. The van der Waals surface area contributed by atoms with Crippen LogP contribution in [0.15, 0.2) is 67.3 Å². The van der Waals surface area contributed by atoms with Gasteiger partial charge in [0.2, 0.25) is 0 Å². The Morgan fingerprint density at radius 1 is 1.15 bits per heavy atom. The van der Waals surface area contributed by atoms with E-state index >= 15 is 0 Å². The molecule has 0 radical (unpaired) electrons. The summed E-state index contributed by atoms with van der Waals surface area (Å²) in [5.41, 5.74) is 7.87. The summed E-state index contributed by atoms with van der Waals surface area (Å²) in [7, 11) is 0. The highest BCUT2D eigenvalue weighted by Crippen LogP contribution is 2.15. The van der Waals surface area contributed by atoms with Crippen LogP contribution in [0.1, 0.15) is 28.9 Å². The molecule has 0 aliphatic rings. The van der Waals surface area contributed by atoms with Crippen LogP contribution in [0.25, 0.3) is 0 Å². The molecule has 0 aliphatic heterocycles. The van der Waals surface area contributed by atoms with Gasteiger partial charge >= 0.3 is 0 Å². The van der Waals surface area contributed by atoms with Crippen LogP contribution in [-0.2, 0) is 4.79 Å². The summed E-state index contributed by atoms with van der Waals surface area (Å²) in [6.07, 6.45) is 6.48. The highest BCUT2D eigenvalue weighted by Gasteiger charge is 2.23. The minimum absolute atomic E-state index is 0.251. The number of rotatable bonds is 6. The van der Waals surface area contributed by atoms with Crippen molar-refractivity contribution in [2.45, 2.75) is 13.0 Å². The van der Waals surface area contributed by atoms with Gasteiger partial charge in [0.1, 0.15) is 6.04 Å². The fourth-order valence-corrected chi connectivity index (χ4v) is 2.59. The van der Waals surface area contributed by atoms with Crippen molar-refractivity contribution in [3.63, 3.8) is 0 Å². The third-order valence-electron chi connectivity index (χ3n) is 4.03. The molecule has 0 fully saturated rings. The number of pyridine rings is 1. The molecule has 138 valence electrons. The van der Waals surface area contributed by atoms with Crippen LogP contribution in [-0.4, -0.2) is 33.2 Å². The van der Waals surface area contributed by atoms with Gasteiger partial charge < -0.3 is 11.1 Å². The zero-order chi connectivity index (χ0) is 19.2. The Bertz CT molecular complexity index is 894. The number of carbonyl (C=O) groups excluding carboxylic acids is 2. The summed E-state index contributed by atoms with van der Waals surface area (Å²) < 4.78 is 0. The van der Waals surface area contributed by atoms with Crippen molar-refractivity contribution < 1.29 is 9.59 Å². The molecule has 0 bridgehead atoms. The number of anilines is 1. The van der Waals surface area contributed by atoms with Crippen LogP contribution < -0.4 is 16.1 Å². The number of nitrogens with two attached hydrogens (primary N) is 1. The minimum Gasteiger partial charge on any atom is -0.322 e. The van der Waals surface area contributed by atoms with E-state index in [0.717, 1.165) is 0 Å². The van der Waals surface area contributed by atoms with Crippen LogP contribution in [0, 0.1) is 0 Å². The van der Waals surface area contributed by atoms with Crippen molar-refractivity contribution >= 4 is 17.5 Å². The second kappa shape index (κ2) is 8.24. The second-order valence-corrected chi connectivity index (χ2v) is 5.77. The van der Waals surface area contributed by atoms with Gasteiger partial charge in [-0.25, -0.2) is 5.01 Å². The van der Waals surface area contributed by atoms with E-state index < -0.39 is 6.04 Å². The van der Waals surface area contributed by atoms with E-state index in [1.807, 2.05) is 6.92 Å². The molecule has 3 aromatic rings. The minimum atomic E-state index is -0.855. The third-order valence-corrected chi connectivity index (χ3v) is 4.03. The molecule has 0 saturated heterocycles. The van der Waals surface area contributed by atoms with Gasteiger partial charge in [-0.1, -0.05) is 12.1 Å². The zero-order valence-electron chi connectivity index (χ0n) is 14.8. The molecule has 3 N–H and O–H groups in total. The summed E-state index contributed by atoms with van der Waals surface area (Å²) in [5.74, 6) is -0.533. The lowest BCUT2D eigenvalue weighted by Gasteiger charge is -2.24. The highest BCUT2D eigenvalue weighted by atomic mass is 16.2. The Morgan fingerprint density at radius 3 is 2.44 bits per heavy atom. The highest BCUT2D eigenvalue weighted by molar-refractivity contribution is 6.04. The smallest absolute Gasteiger partial charge is 0.264 e. The summed E-state index contributed by atoms with van der Waals surface area (Å²) in [6.45, 7) is 2.28. The maximum absolute atomic E-state index is 12.7. The summed E-state index contributed by atoms with van der Waals surface area (Å²) in [5, 5.41) is 8.30. The number of nitrogens with one attached hydrogen (secondary N) is 1. The second-order valence-electron chi connectivity index (χ2n) is 5.77. The molecule has 1 aromatic carbocycles. The first-order valence-corrected chi connectivity index (χ1v) is 8.48. The molecule has 1 unspecified atom stereocenters. The van der Waals surface area contributed by atoms with Crippen molar-refractivity contribution in [2.24, 2.45) is 5.73 Å². The van der Waals surface area contributed by atoms with Gasteiger partial charge in [-0.15, -0.1) is 0 Å². The Hall–Kier alpha value is -3.52. The largest absolute Gasteiger partial charge is 0.322 e. The SMILES string of the molecule is CCN(C(=O)C(N)c1ccc(C(=O)Nc2ccncc2)cc1)n1cccn1. The Kier molecular flexibility index (Phi) is 5.58. The molecule has 2 heterocycles. The zero-order valence-corrected chi connectivity index (χ0v) is 14.8. The molecule has 2 amide bonds. The number of nitrogens with zero attached hydrogens (tertiary/aromatic N) is 4. The molecule has 0 aliphatic carbocycles. The molecular formula is C19H20N6O2. The fraction of sp³-hybridized carbons (Fsp3) is 0.158. The van der Waals surface area contributed by atoms with E-state index in [2.05, 4.69) is 15.4 Å². The molecule has 8 heteroatoms. The molecule has 0 spiro atoms. The predicted molar refractivity (Wildman–Crippen MR) is 102 cm³/mol. The summed E-state index contributed by atoms with van der Waals surface area (Å²) >= 11 is 0. The maximum Gasteiger partial charge on any atom is 0.264 e. The van der Waals surface area contributed by atoms with E-state index in [1.165, 1.54) is 9.80 Å². The molecule has 27 heavy (non-hydrogen) atoms. The molecule has 0 saturated carbocycles. The topological polar surface area (TPSA) is 106 Å². The van der Waals surface area contributed by atoms with Crippen LogP contribution in [0.3, 0.4) is 0 Å². The quantitative estimate of drug-likeness (QED) is 0.693. The average molecular weight is 364 g/mol. The summed E-state index contributed by atoms with van der Waals surface area (Å²) in [4.78, 5) is 30.3. The van der Waals surface area contributed by atoms with Crippen molar-refractivity contribution in [2.75, 3.05) is 16.9 Å². The number of hydrogen-bond acceptors (Lipinski definition) is 5. The van der Waals surface area contributed by atoms with Gasteiger partial charge in [0, 0.05) is 36.4 Å². The molecular weight excluding hydrogens is 344 g/mol. The number of benzene rings is 1. The molecule has 1 atom stereocenters. The Labute approximate surface area is 156 Å². The lowest BCUT2D eigenvalue weighted by atomic mass is 10.0. The standard InChI is InChI=1S/C19H20N6O2/c1-2-24(25-13-3-10-22-25)19(27)17(20)14-4-6-15(7-5-14)18(26)23-16-8-11-21-12-9-16/h3-13,17H,2,20H2,1H3,(H,21,23,26). The Morgan fingerprint density at radius 2 is 1.85 bits per heavy atom. The molecule has 3 rings (SSSR count). The number of likely N-dealkylation sites (N-methyl/N-ethyl adjacent to an activating group) is 1. The van der Waals surface area contributed by atoms with Gasteiger partial charge in [0.25, 0.3) is 11.8 Å². The maximum atomic E-state index is 12.7. The number of amides is 2. The number of carbonyl (C=O) groups is 2. The average Bonchev–Trinajstić information content (AvgIpc) is 3.23. The molecule has 8 nitrogen and oxygen atoms in total. The van der Waals surface area contributed by atoms with Crippen LogP contribution >= 0.6 is 0 Å². The van der Waals surface area contributed by atoms with E-state index in [4.69, 9.17) is 5.73 Å². The Balaban J connectivity index is 1.70. The first-order valence-electron chi connectivity index (χ1n) is 8.48. The van der Waals surface area contributed by atoms with Gasteiger partial charge in [0.15, 0.2) is 0 Å². The predicted octanol–water partition coefficient (Wildman–Crippen LogP) is 1.71. The van der Waals surface area contributed by atoms with E-state index in [0.29, 0.717) is 23.4 Å². The molecule has 2 aromatic heterocycles.